The first-order valence-electron chi connectivity index (χ1n) is 8.54. The fourth-order valence-corrected chi connectivity index (χ4v) is 3.25. The molecule has 1 aromatic heterocycles. The Morgan fingerprint density at radius 3 is 2.78 bits per heavy atom. The molecule has 27 heavy (non-hydrogen) atoms. The first-order valence-corrected chi connectivity index (χ1v) is 8.54. The number of imidazole rings is 1. The molecule has 0 fully saturated rings. The number of rotatable bonds is 2. The maximum absolute atomic E-state index is 14.0. The third-order valence-corrected chi connectivity index (χ3v) is 4.75. The number of nitrogens with one attached hydrogen (secondary N) is 1. The van der Waals surface area contributed by atoms with Crippen LogP contribution in [-0.4, -0.2) is 32.4 Å². The van der Waals surface area contributed by atoms with Crippen LogP contribution < -0.4 is 0 Å². The van der Waals surface area contributed by atoms with Crippen molar-refractivity contribution in [1.82, 2.24) is 14.9 Å². The molecule has 7 heteroatoms. The van der Waals surface area contributed by atoms with Crippen LogP contribution in [0.5, 0.6) is 5.75 Å². The second-order valence-corrected chi connectivity index (χ2v) is 6.61. The lowest BCUT2D eigenvalue weighted by atomic mass is 10.1. The fraction of sp³-hybridized carbons (Fsp3) is 0.200. The summed E-state index contributed by atoms with van der Waals surface area (Å²) < 4.78 is 27.1. The summed E-state index contributed by atoms with van der Waals surface area (Å²) in [6.07, 6.45) is 0.539. The largest absolute Gasteiger partial charge is 0.508 e. The Labute approximate surface area is 154 Å². The molecule has 0 atom stereocenters. The highest BCUT2D eigenvalue weighted by Gasteiger charge is 2.25. The molecule has 0 radical (unpaired) electrons. The number of aromatic nitrogens is 2. The lowest BCUT2D eigenvalue weighted by Gasteiger charge is -2.26. The average Bonchev–Trinajstić information content (AvgIpc) is 3.06. The summed E-state index contributed by atoms with van der Waals surface area (Å²) in [5, 5.41) is 9.62. The maximum Gasteiger partial charge on any atom is 0.254 e. The van der Waals surface area contributed by atoms with Crippen molar-refractivity contribution in [3.05, 3.63) is 70.5 Å². The molecule has 4 rings (SSSR count). The van der Waals surface area contributed by atoms with Gasteiger partial charge in [0.15, 0.2) is 0 Å². The van der Waals surface area contributed by atoms with E-state index < -0.39 is 11.6 Å². The highest BCUT2D eigenvalue weighted by molar-refractivity contribution is 5.94. The van der Waals surface area contributed by atoms with Crippen molar-refractivity contribution < 1.29 is 18.7 Å². The van der Waals surface area contributed by atoms with Crippen LogP contribution in [0.4, 0.5) is 8.78 Å². The molecule has 1 amide bonds. The van der Waals surface area contributed by atoms with Crippen LogP contribution in [0.15, 0.2) is 36.4 Å². The number of carbonyl (C=O) groups excluding carboxylic acids is 1. The van der Waals surface area contributed by atoms with E-state index in [-0.39, 0.29) is 17.2 Å². The van der Waals surface area contributed by atoms with Crippen LogP contribution in [-0.2, 0) is 13.0 Å². The molecule has 1 aliphatic rings. The molecule has 2 heterocycles. The molecule has 0 saturated heterocycles. The summed E-state index contributed by atoms with van der Waals surface area (Å²) in [6, 6.07) is 8.09. The summed E-state index contributed by atoms with van der Waals surface area (Å²) >= 11 is 0. The van der Waals surface area contributed by atoms with Crippen LogP contribution in [0.3, 0.4) is 0 Å². The number of aromatic hydroxyl groups is 1. The Hall–Kier alpha value is -3.22. The SMILES string of the molecule is Cc1cc(C(=O)N2CCc3nc(-c4ccc(F)cc4F)[nH]c3C2)ccc1O. The van der Waals surface area contributed by atoms with Crippen LogP contribution in [0.25, 0.3) is 11.4 Å². The van der Waals surface area contributed by atoms with Gasteiger partial charge in [-0.2, -0.15) is 0 Å². The summed E-state index contributed by atoms with van der Waals surface area (Å²) in [4.78, 5) is 21.9. The van der Waals surface area contributed by atoms with E-state index in [0.29, 0.717) is 36.5 Å². The van der Waals surface area contributed by atoms with Crippen LogP contribution in [0.2, 0.25) is 0 Å². The molecule has 0 spiro atoms. The van der Waals surface area contributed by atoms with Crippen LogP contribution in [0, 0.1) is 18.6 Å². The topological polar surface area (TPSA) is 69.2 Å². The molecule has 138 valence electrons. The number of fused-ring (bicyclic) bond motifs is 1. The average molecular weight is 369 g/mol. The lowest BCUT2D eigenvalue weighted by Crippen LogP contribution is -2.36. The Morgan fingerprint density at radius 2 is 2.04 bits per heavy atom. The molecule has 1 aliphatic heterocycles. The van der Waals surface area contributed by atoms with E-state index in [1.165, 1.54) is 18.2 Å². The predicted molar refractivity (Wildman–Crippen MR) is 95.2 cm³/mol. The Balaban J connectivity index is 1.59. The third-order valence-electron chi connectivity index (χ3n) is 4.75. The number of nitrogens with zero attached hydrogens (tertiary/aromatic N) is 2. The second kappa shape index (κ2) is 6.50. The van der Waals surface area contributed by atoms with Crippen LogP contribution in [0.1, 0.15) is 27.3 Å². The van der Waals surface area contributed by atoms with E-state index in [1.807, 2.05) is 0 Å². The van der Waals surface area contributed by atoms with E-state index >= 15 is 0 Å². The van der Waals surface area contributed by atoms with Gasteiger partial charge < -0.3 is 15.0 Å². The number of phenolic OH excluding ortho intramolecular Hbond substituents is 1. The number of hydrogen-bond acceptors (Lipinski definition) is 3. The van der Waals surface area contributed by atoms with E-state index in [4.69, 9.17) is 0 Å². The van der Waals surface area contributed by atoms with Gasteiger partial charge in [-0.15, -0.1) is 0 Å². The van der Waals surface area contributed by atoms with E-state index in [1.54, 1.807) is 24.0 Å². The van der Waals surface area contributed by atoms with Crippen molar-refractivity contribution in [2.24, 2.45) is 0 Å². The molecule has 2 N–H and O–H groups in total. The molecule has 5 nitrogen and oxygen atoms in total. The number of carbonyl (C=O) groups is 1. The van der Waals surface area contributed by atoms with Crippen molar-refractivity contribution >= 4 is 5.91 Å². The molecule has 0 bridgehead atoms. The number of benzene rings is 2. The Morgan fingerprint density at radius 1 is 1.22 bits per heavy atom. The van der Waals surface area contributed by atoms with Gasteiger partial charge >= 0.3 is 0 Å². The van der Waals surface area contributed by atoms with Gasteiger partial charge in [0, 0.05) is 24.6 Å². The van der Waals surface area contributed by atoms with Gasteiger partial charge in [0.25, 0.3) is 5.91 Å². The van der Waals surface area contributed by atoms with Crippen molar-refractivity contribution in [3.63, 3.8) is 0 Å². The molecular weight excluding hydrogens is 352 g/mol. The minimum atomic E-state index is -0.686. The molecule has 0 aliphatic carbocycles. The Kier molecular flexibility index (Phi) is 4.14. The van der Waals surface area contributed by atoms with Crippen molar-refractivity contribution in [1.29, 1.82) is 0 Å². The lowest BCUT2D eigenvalue weighted by molar-refractivity contribution is 0.0732. The molecule has 0 saturated carbocycles. The highest BCUT2D eigenvalue weighted by Crippen LogP contribution is 2.26. The summed E-state index contributed by atoms with van der Waals surface area (Å²) in [6.45, 7) is 2.55. The number of H-pyrrole nitrogens is 1. The van der Waals surface area contributed by atoms with Crippen molar-refractivity contribution in [3.8, 4) is 17.1 Å². The van der Waals surface area contributed by atoms with E-state index in [9.17, 15) is 18.7 Å². The fourth-order valence-electron chi connectivity index (χ4n) is 3.25. The van der Waals surface area contributed by atoms with Gasteiger partial charge in [0.2, 0.25) is 0 Å². The van der Waals surface area contributed by atoms with Gasteiger partial charge in [0.05, 0.1) is 23.5 Å². The van der Waals surface area contributed by atoms with E-state index in [0.717, 1.165) is 17.5 Å². The van der Waals surface area contributed by atoms with Gasteiger partial charge in [-0.1, -0.05) is 0 Å². The van der Waals surface area contributed by atoms with Gasteiger partial charge in [0.1, 0.15) is 23.2 Å². The van der Waals surface area contributed by atoms with Gasteiger partial charge in [-0.05, 0) is 42.8 Å². The highest BCUT2D eigenvalue weighted by atomic mass is 19.1. The zero-order valence-electron chi connectivity index (χ0n) is 14.6. The molecular formula is C20H17F2N3O2. The van der Waals surface area contributed by atoms with Gasteiger partial charge in [-0.25, -0.2) is 13.8 Å². The van der Waals surface area contributed by atoms with E-state index in [2.05, 4.69) is 9.97 Å². The molecule has 3 aromatic rings. The second-order valence-electron chi connectivity index (χ2n) is 6.61. The quantitative estimate of drug-likeness (QED) is 0.726. The number of amides is 1. The zero-order chi connectivity index (χ0) is 19.1. The van der Waals surface area contributed by atoms with Gasteiger partial charge in [-0.3, -0.25) is 4.79 Å². The third kappa shape index (κ3) is 3.16. The number of aromatic amines is 1. The summed E-state index contributed by atoms with van der Waals surface area (Å²) in [7, 11) is 0. The first kappa shape index (κ1) is 17.2. The monoisotopic (exact) mass is 369 g/mol. The molecule has 0 unspecified atom stereocenters. The summed E-state index contributed by atoms with van der Waals surface area (Å²) in [5.41, 5.74) is 2.84. The van der Waals surface area contributed by atoms with Crippen molar-refractivity contribution in [2.45, 2.75) is 19.9 Å². The minimum Gasteiger partial charge on any atom is -0.508 e. The number of phenols is 1. The Bertz CT molecular complexity index is 1050. The normalized spacial score (nSPS) is 13.5. The predicted octanol–water partition coefficient (Wildman–Crippen LogP) is 3.57. The smallest absolute Gasteiger partial charge is 0.254 e. The van der Waals surface area contributed by atoms with Crippen molar-refractivity contribution in [2.75, 3.05) is 6.54 Å². The minimum absolute atomic E-state index is 0.145. The number of aryl methyl sites for hydroxylation is 1. The number of hydrogen-bond donors (Lipinski definition) is 2. The number of halogens is 2. The first-order chi connectivity index (χ1) is 12.9. The zero-order valence-corrected chi connectivity index (χ0v) is 14.6. The van der Waals surface area contributed by atoms with Crippen LogP contribution >= 0.6 is 0 Å². The summed E-state index contributed by atoms with van der Waals surface area (Å²) in [5.74, 6) is -1.01. The maximum atomic E-state index is 14.0. The standard InChI is InChI=1S/C20H17F2N3O2/c1-11-8-12(2-5-18(11)26)20(27)25-7-6-16-17(10-25)24-19(23-16)14-4-3-13(21)9-15(14)22/h2-5,8-9,26H,6-7,10H2,1H3,(H,23,24). The molecule has 2 aromatic carbocycles.